The predicted octanol–water partition coefficient (Wildman–Crippen LogP) is 3.86. The van der Waals surface area contributed by atoms with Crippen LogP contribution in [0.25, 0.3) is 11.5 Å². The summed E-state index contributed by atoms with van der Waals surface area (Å²) in [6, 6.07) is 15.6. The summed E-state index contributed by atoms with van der Waals surface area (Å²) in [5.74, 6) is 1.85. The lowest BCUT2D eigenvalue weighted by Gasteiger charge is -2.18. The molecule has 4 rings (SSSR count). The van der Waals surface area contributed by atoms with Crippen LogP contribution in [0.3, 0.4) is 0 Å². The molecule has 0 spiro atoms. The SMILES string of the molecule is Cc1ccc(-c2cc(C(=O)NC(c3ccccc3)C3CC3)n[nH]2)o1. The van der Waals surface area contributed by atoms with Crippen molar-refractivity contribution >= 4 is 5.91 Å². The fourth-order valence-electron chi connectivity index (χ4n) is 2.92. The van der Waals surface area contributed by atoms with Gasteiger partial charge in [-0.05, 0) is 43.4 Å². The minimum absolute atomic E-state index is 0.0460. The smallest absolute Gasteiger partial charge is 0.272 e. The Morgan fingerprint density at radius 1 is 1.25 bits per heavy atom. The molecular formula is C19H19N3O2. The van der Waals surface area contributed by atoms with Gasteiger partial charge in [0.1, 0.15) is 11.5 Å². The molecule has 1 saturated carbocycles. The van der Waals surface area contributed by atoms with E-state index in [1.165, 1.54) is 0 Å². The first-order chi connectivity index (χ1) is 11.7. The third kappa shape index (κ3) is 2.97. The van der Waals surface area contributed by atoms with Gasteiger partial charge >= 0.3 is 0 Å². The van der Waals surface area contributed by atoms with Gasteiger partial charge in [0.15, 0.2) is 11.5 Å². The van der Waals surface area contributed by atoms with E-state index in [4.69, 9.17) is 4.42 Å². The summed E-state index contributed by atoms with van der Waals surface area (Å²) in [6.45, 7) is 1.88. The quantitative estimate of drug-likeness (QED) is 0.749. The van der Waals surface area contributed by atoms with Crippen LogP contribution in [0.15, 0.2) is 52.9 Å². The second-order valence-electron chi connectivity index (χ2n) is 6.28. The van der Waals surface area contributed by atoms with Crippen molar-refractivity contribution < 1.29 is 9.21 Å². The van der Waals surface area contributed by atoms with E-state index >= 15 is 0 Å². The van der Waals surface area contributed by atoms with Crippen LogP contribution in [0, 0.1) is 12.8 Å². The number of hydrogen-bond acceptors (Lipinski definition) is 3. The van der Waals surface area contributed by atoms with Gasteiger partial charge in [-0.25, -0.2) is 0 Å². The molecule has 122 valence electrons. The Balaban J connectivity index is 1.52. The molecule has 3 aromatic rings. The van der Waals surface area contributed by atoms with Gasteiger partial charge in [-0.2, -0.15) is 5.10 Å². The normalized spacial score (nSPS) is 15.2. The summed E-state index contributed by atoms with van der Waals surface area (Å²) >= 11 is 0. The molecule has 2 aromatic heterocycles. The number of carbonyl (C=O) groups is 1. The molecule has 1 amide bonds. The minimum Gasteiger partial charge on any atom is -0.460 e. The number of hydrogen-bond donors (Lipinski definition) is 2. The number of aryl methyl sites for hydroxylation is 1. The van der Waals surface area contributed by atoms with Gasteiger partial charge in [0.25, 0.3) is 5.91 Å². The molecule has 5 heteroatoms. The van der Waals surface area contributed by atoms with Crippen molar-refractivity contribution in [3.8, 4) is 11.5 Å². The molecule has 0 saturated heterocycles. The van der Waals surface area contributed by atoms with Gasteiger partial charge in [0, 0.05) is 6.07 Å². The van der Waals surface area contributed by atoms with Crippen molar-refractivity contribution in [3.05, 3.63) is 65.5 Å². The number of H-pyrrole nitrogens is 1. The Hall–Kier alpha value is -2.82. The molecule has 1 atom stereocenters. The first kappa shape index (κ1) is 14.8. The summed E-state index contributed by atoms with van der Waals surface area (Å²) in [5.41, 5.74) is 2.22. The van der Waals surface area contributed by atoms with E-state index in [-0.39, 0.29) is 11.9 Å². The lowest BCUT2D eigenvalue weighted by Crippen LogP contribution is -2.30. The molecule has 2 N–H and O–H groups in total. The fraction of sp³-hybridized carbons (Fsp3) is 0.263. The van der Waals surface area contributed by atoms with Crippen LogP contribution >= 0.6 is 0 Å². The third-order valence-electron chi connectivity index (χ3n) is 4.36. The van der Waals surface area contributed by atoms with Gasteiger partial charge in [0.2, 0.25) is 0 Å². The number of amides is 1. The largest absolute Gasteiger partial charge is 0.460 e. The highest BCUT2D eigenvalue weighted by Gasteiger charge is 2.33. The number of benzene rings is 1. The van der Waals surface area contributed by atoms with Gasteiger partial charge in [-0.1, -0.05) is 30.3 Å². The zero-order chi connectivity index (χ0) is 16.5. The number of furan rings is 1. The Kier molecular flexibility index (Phi) is 3.69. The first-order valence-electron chi connectivity index (χ1n) is 8.19. The molecule has 0 aliphatic heterocycles. The highest BCUT2D eigenvalue weighted by Crippen LogP contribution is 2.41. The molecule has 1 aliphatic rings. The fourth-order valence-corrected chi connectivity index (χ4v) is 2.92. The Morgan fingerprint density at radius 3 is 2.71 bits per heavy atom. The number of rotatable bonds is 5. The van der Waals surface area contributed by atoms with E-state index in [2.05, 4.69) is 27.6 Å². The molecular weight excluding hydrogens is 302 g/mol. The van der Waals surface area contributed by atoms with E-state index < -0.39 is 0 Å². The number of nitrogens with zero attached hydrogens (tertiary/aromatic N) is 1. The summed E-state index contributed by atoms with van der Waals surface area (Å²) in [7, 11) is 0. The van der Waals surface area contributed by atoms with Crippen LogP contribution < -0.4 is 5.32 Å². The number of nitrogens with one attached hydrogen (secondary N) is 2. The average Bonchev–Trinajstić information content (AvgIpc) is 3.14. The van der Waals surface area contributed by atoms with Gasteiger partial charge in [-0.3, -0.25) is 9.89 Å². The molecule has 1 fully saturated rings. The van der Waals surface area contributed by atoms with Crippen LogP contribution in [-0.4, -0.2) is 16.1 Å². The highest BCUT2D eigenvalue weighted by atomic mass is 16.3. The van der Waals surface area contributed by atoms with Gasteiger partial charge < -0.3 is 9.73 Å². The van der Waals surface area contributed by atoms with Crippen molar-refractivity contribution in [2.75, 3.05) is 0 Å². The topological polar surface area (TPSA) is 70.9 Å². The number of carbonyl (C=O) groups excluding carboxylic acids is 1. The lowest BCUT2D eigenvalue weighted by molar-refractivity contribution is 0.0926. The zero-order valence-corrected chi connectivity index (χ0v) is 13.5. The average molecular weight is 321 g/mol. The summed E-state index contributed by atoms with van der Waals surface area (Å²) in [5, 5.41) is 10.1. The third-order valence-corrected chi connectivity index (χ3v) is 4.36. The van der Waals surface area contributed by atoms with E-state index in [1.54, 1.807) is 6.07 Å². The molecule has 0 radical (unpaired) electrons. The van der Waals surface area contributed by atoms with Crippen molar-refractivity contribution in [2.45, 2.75) is 25.8 Å². The second kappa shape index (κ2) is 6.00. The summed E-state index contributed by atoms with van der Waals surface area (Å²) in [6.07, 6.45) is 2.30. The maximum Gasteiger partial charge on any atom is 0.272 e. The Labute approximate surface area is 140 Å². The number of aromatic amines is 1. The maximum absolute atomic E-state index is 12.6. The monoisotopic (exact) mass is 321 g/mol. The predicted molar refractivity (Wildman–Crippen MR) is 90.4 cm³/mol. The van der Waals surface area contributed by atoms with E-state index in [9.17, 15) is 4.79 Å². The molecule has 24 heavy (non-hydrogen) atoms. The Morgan fingerprint density at radius 2 is 2.04 bits per heavy atom. The van der Waals surface area contributed by atoms with E-state index in [0.29, 0.717) is 23.1 Å². The molecule has 1 aromatic carbocycles. The van der Waals surface area contributed by atoms with Crippen molar-refractivity contribution in [1.82, 2.24) is 15.5 Å². The number of aromatic nitrogens is 2. The van der Waals surface area contributed by atoms with Crippen LogP contribution in [0.4, 0.5) is 0 Å². The van der Waals surface area contributed by atoms with Crippen LogP contribution in [-0.2, 0) is 0 Å². The van der Waals surface area contributed by atoms with Crippen molar-refractivity contribution in [3.63, 3.8) is 0 Å². The molecule has 2 heterocycles. The zero-order valence-electron chi connectivity index (χ0n) is 13.5. The van der Waals surface area contributed by atoms with Crippen LogP contribution in [0.5, 0.6) is 0 Å². The second-order valence-corrected chi connectivity index (χ2v) is 6.28. The van der Waals surface area contributed by atoms with Gasteiger partial charge in [-0.15, -0.1) is 0 Å². The molecule has 0 bridgehead atoms. The highest BCUT2D eigenvalue weighted by molar-refractivity contribution is 5.93. The van der Waals surface area contributed by atoms with E-state index in [0.717, 1.165) is 24.2 Å². The van der Waals surface area contributed by atoms with E-state index in [1.807, 2.05) is 37.3 Å². The van der Waals surface area contributed by atoms with Crippen molar-refractivity contribution in [1.29, 1.82) is 0 Å². The van der Waals surface area contributed by atoms with Crippen LogP contribution in [0.2, 0.25) is 0 Å². The van der Waals surface area contributed by atoms with Gasteiger partial charge in [0.05, 0.1) is 6.04 Å². The standard InChI is InChI=1S/C19H19N3O2/c1-12-7-10-17(24-12)15-11-16(22-21-15)19(23)20-18(14-8-9-14)13-5-3-2-4-6-13/h2-7,10-11,14,18H,8-9H2,1H3,(H,20,23)(H,21,22). The maximum atomic E-state index is 12.6. The summed E-state index contributed by atoms with van der Waals surface area (Å²) < 4.78 is 5.56. The summed E-state index contributed by atoms with van der Waals surface area (Å²) in [4.78, 5) is 12.6. The minimum atomic E-state index is -0.165. The first-order valence-corrected chi connectivity index (χ1v) is 8.19. The van der Waals surface area contributed by atoms with Crippen molar-refractivity contribution in [2.24, 2.45) is 5.92 Å². The molecule has 1 unspecified atom stereocenters. The lowest BCUT2D eigenvalue weighted by atomic mass is 10.0. The van der Waals surface area contributed by atoms with Crippen LogP contribution in [0.1, 0.15) is 40.7 Å². The molecule has 5 nitrogen and oxygen atoms in total. The molecule has 1 aliphatic carbocycles. The Bertz CT molecular complexity index is 846.